The Morgan fingerprint density at radius 3 is 2.94 bits per heavy atom. The van der Waals surface area contributed by atoms with E-state index in [1.807, 2.05) is 24.1 Å². The molecule has 0 radical (unpaired) electrons. The first-order chi connectivity index (χ1) is 8.55. The number of nitrogens with zero attached hydrogens (tertiary/aromatic N) is 2. The molecule has 1 aliphatic rings. The van der Waals surface area contributed by atoms with Gasteiger partial charge in [0.25, 0.3) is 0 Å². The predicted octanol–water partition coefficient (Wildman–Crippen LogP) is 0.988. The molecule has 2 unspecified atom stereocenters. The van der Waals surface area contributed by atoms with E-state index in [-0.39, 0.29) is 17.7 Å². The molecule has 1 aromatic heterocycles. The molecule has 0 aromatic carbocycles. The summed E-state index contributed by atoms with van der Waals surface area (Å²) in [5.74, 6) is 0.774. The van der Waals surface area contributed by atoms with E-state index in [4.69, 9.17) is 0 Å². The maximum absolute atomic E-state index is 11.6. The number of aryl methyl sites for hydroxylation is 1. The lowest BCUT2D eigenvalue weighted by atomic mass is 9.95. The van der Waals surface area contributed by atoms with Crippen molar-refractivity contribution in [1.82, 2.24) is 15.1 Å². The molecular weight excluding hydrogens is 250 g/mol. The van der Waals surface area contributed by atoms with Crippen LogP contribution in [0.15, 0.2) is 12.4 Å². The van der Waals surface area contributed by atoms with Gasteiger partial charge in [-0.1, -0.05) is 6.92 Å². The maximum Gasteiger partial charge on any atom is 0.150 e. The largest absolute Gasteiger partial charge is 0.313 e. The topological polar surface area (TPSA) is 64.0 Å². The fourth-order valence-corrected chi connectivity index (χ4v) is 4.49. The number of hydrogen-bond donors (Lipinski definition) is 1. The lowest BCUT2D eigenvalue weighted by molar-refractivity contribution is 0.418. The van der Waals surface area contributed by atoms with Crippen LogP contribution in [0.5, 0.6) is 0 Å². The number of aromatic nitrogens is 2. The molecule has 102 valence electrons. The van der Waals surface area contributed by atoms with Crippen molar-refractivity contribution in [2.24, 2.45) is 5.92 Å². The minimum absolute atomic E-state index is 0.0906. The van der Waals surface area contributed by atoms with Gasteiger partial charge in [0.05, 0.1) is 17.7 Å². The number of sulfone groups is 1. The first kappa shape index (κ1) is 13.5. The Bertz CT molecular complexity index is 495. The first-order valence-electron chi connectivity index (χ1n) is 6.45. The minimum atomic E-state index is -2.83. The Morgan fingerprint density at radius 1 is 1.61 bits per heavy atom. The van der Waals surface area contributed by atoms with Gasteiger partial charge in [-0.25, -0.2) is 8.42 Å². The highest BCUT2D eigenvalue weighted by Gasteiger charge is 2.34. The summed E-state index contributed by atoms with van der Waals surface area (Å²) in [6.07, 6.45) is 5.66. The van der Waals surface area contributed by atoms with Crippen LogP contribution in [-0.4, -0.2) is 36.8 Å². The smallest absolute Gasteiger partial charge is 0.150 e. The van der Waals surface area contributed by atoms with Crippen LogP contribution in [0.1, 0.15) is 31.4 Å². The van der Waals surface area contributed by atoms with Crippen molar-refractivity contribution in [2.75, 3.05) is 18.6 Å². The Morgan fingerprint density at radius 2 is 2.39 bits per heavy atom. The van der Waals surface area contributed by atoms with Crippen LogP contribution in [0.2, 0.25) is 0 Å². The van der Waals surface area contributed by atoms with Crippen molar-refractivity contribution in [2.45, 2.75) is 32.4 Å². The van der Waals surface area contributed by atoms with Crippen LogP contribution in [0, 0.1) is 5.92 Å². The lowest BCUT2D eigenvalue weighted by Gasteiger charge is -2.20. The molecule has 2 atom stereocenters. The molecule has 5 nitrogen and oxygen atoms in total. The fraction of sp³-hybridized carbons (Fsp3) is 0.750. The zero-order valence-electron chi connectivity index (χ0n) is 11.0. The molecule has 0 bridgehead atoms. The highest BCUT2D eigenvalue weighted by atomic mass is 32.2. The summed E-state index contributed by atoms with van der Waals surface area (Å²) in [7, 11) is -0.947. The van der Waals surface area contributed by atoms with Crippen LogP contribution in [-0.2, 0) is 16.4 Å². The quantitative estimate of drug-likeness (QED) is 0.867. The molecule has 6 heteroatoms. The van der Waals surface area contributed by atoms with Gasteiger partial charge < -0.3 is 5.32 Å². The third-order valence-corrected chi connectivity index (χ3v) is 5.31. The van der Waals surface area contributed by atoms with E-state index in [0.29, 0.717) is 5.75 Å². The van der Waals surface area contributed by atoms with E-state index in [9.17, 15) is 8.42 Å². The summed E-state index contributed by atoms with van der Waals surface area (Å²) in [5.41, 5.74) is 1.09. The van der Waals surface area contributed by atoms with E-state index >= 15 is 0 Å². The molecular formula is C12H21N3O2S. The lowest BCUT2D eigenvalue weighted by Crippen LogP contribution is -2.25. The van der Waals surface area contributed by atoms with Gasteiger partial charge in [0.15, 0.2) is 9.84 Å². The molecule has 1 aliphatic heterocycles. The Hall–Kier alpha value is -0.880. The molecule has 0 aliphatic carbocycles. The van der Waals surface area contributed by atoms with Crippen LogP contribution >= 0.6 is 0 Å². The monoisotopic (exact) mass is 271 g/mol. The van der Waals surface area contributed by atoms with Gasteiger partial charge in [-0.3, -0.25) is 4.68 Å². The minimum Gasteiger partial charge on any atom is -0.313 e. The second kappa shape index (κ2) is 5.40. The summed E-state index contributed by atoms with van der Waals surface area (Å²) >= 11 is 0. The molecule has 18 heavy (non-hydrogen) atoms. The van der Waals surface area contributed by atoms with Gasteiger partial charge in [0.1, 0.15) is 0 Å². The van der Waals surface area contributed by atoms with E-state index < -0.39 is 9.84 Å². The highest BCUT2D eigenvalue weighted by Crippen LogP contribution is 2.30. The molecule has 1 aromatic rings. The van der Waals surface area contributed by atoms with E-state index in [2.05, 4.69) is 17.3 Å². The molecule has 2 heterocycles. The summed E-state index contributed by atoms with van der Waals surface area (Å²) in [6, 6.07) is 0.0906. The van der Waals surface area contributed by atoms with E-state index in [0.717, 1.165) is 24.9 Å². The van der Waals surface area contributed by atoms with Gasteiger partial charge in [0.2, 0.25) is 0 Å². The summed E-state index contributed by atoms with van der Waals surface area (Å²) in [5, 5.41) is 7.55. The van der Waals surface area contributed by atoms with Crippen LogP contribution in [0.3, 0.4) is 0 Å². The van der Waals surface area contributed by atoms with Crippen LogP contribution in [0.4, 0.5) is 0 Å². The van der Waals surface area contributed by atoms with Crippen LogP contribution in [0.25, 0.3) is 0 Å². The molecule has 1 N–H and O–H groups in total. The summed E-state index contributed by atoms with van der Waals surface area (Å²) in [6.45, 7) is 3.01. The normalized spacial score (nSPS) is 24.2. The average molecular weight is 271 g/mol. The third-order valence-electron chi connectivity index (χ3n) is 3.52. The Kier molecular flexibility index (Phi) is 4.07. The van der Waals surface area contributed by atoms with Crippen molar-refractivity contribution in [3.8, 4) is 0 Å². The van der Waals surface area contributed by atoms with Gasteiger partial charge in [0, 0.05) is 24.3 Å². The van der Waals surface area contributed by atoms with E-state index in [1.54, 1.807) is 0 Å². The molecule has 2 rings (SSSR count). The van der Waals surface area contributed by atoms with Crippen molar-refractivity contribution in [3.63, 3.8) is 0 Å². The number of nitrogens with one attached hydrogen (secondary N) is 1. The Labute approximate surface area is 108 Å². The maximum atomic E-state index is 11.6. The second-order valence-corrected chi connectivity index (χ2v) is 7.19. The fourth-order valence-electron chi connectivity index (χ4n) is 2.65. The third kappa shape index (κ3) is 2.92. The highest BCUT2D eigenvalue weighted by molar-refractivity contribution is 7.91. The standard InChI is InChI=1S/C12H21N3O2S/c1-3-5-15-8-11(7-14-15)12(13-2)10-4-6-18(16,17)9-10/h7-8,10,12-13H,3-6,9H2,1-2H3. The average Bonchev–Trinajstić information content (AvgIpc) is 2.88. The Balaban J connectivity index is 2.13. The van der Waals surface area contributed by atoms with Crippen molar-refractivity contribution < 1.29 is 8.42 Å². The molecule has 0 amide bonds. The number of rotatable bonds is 5. The molecule has 0 saturated carbocycles. The zero-order valence-corrected chi connectivity index (χ0v) is 11.8. The predicted molar refractivity (Wildman–Crippen MR) is 71.1 cm³/mol. The van der Waals surface area contributed by atoms with Crippen LogP contribution < -0.4 is 5.32 Å². The molecule has 1 saturated heterocycles. The van der Waals surface area contributed by atoms with Crippen molar-refractivity contribution in [3.05, 3.63) is 18.0 Å². The first-order valence-corrected chi connectivity index (χ1v) is 8.28. The van der Waals surface area contributed by atoms with Gasteiger partial charge in [-0.2, -0.15) is 5.10 Å². The molecule has 1 fully saturated rings. The van der Waals surface area contributed by atoms with Crippen molar-refractivity contribution in [1.29, 1.82) is 0 Å². The van der Waals surface area contributed by atoms with E-state index in [1.165, 1.54) is 0 Å². The zero-order chi connectivity index (χ0) is 13.2. The van der Waals surface area contributed by atoms with Gasteiger partial charge in [-0.15, -0.1) is 0 Å². The SMILES string of the molecule is CCCn1cc(C(NC)C2CCS(=O)(=O)C2)cn1. The van der Waals surface area contributed by atoms with Gasteiger partial charge in [-0.05, 0) is 25.8 Å². The summed E-state index contributed by atoms with van der Waals surface area (Å²) in [4.78, 5) is 0. The summed E-state index contributed by atoms with van der Waals surface area (Å²) < 4.78 is 25.0. The molecule has 0 spiro atoms. The van der Waals surface area contributed by atoms with Crippen molar-refractivity contribution >= 4 is 9.84 Å². The second-order valence-electron chi connectivity index (χ2n) is 4.97. The number of hydrogen-bond acceptors (Lipinski definition) is 4. The van der Waals surface area contributed by atoms with Gasteiger partial charge >= 0.3 is 0 Å².